The number of carbonyl (C=O) groups excluding carboxylic acids is 2. The minimum Gasteiger partial charge on any atom is -0.490 e. The molecule has 2 aromatic carbocycles. The molecule has 2 aromatic rings. The Labute approximate surface area is 207 Å². The molecule has 0 aromatic heterocycles. The summed E-state index contributed by atoms with van der Waals surface area (Å²) in [4.78, 5) is 29.3. The standard InChI is InChI=1S/C30H33NO4/c1-3-34-26-17-16-21(18-27(26)35-4-2)28-29-22(12-8-14-24(29)32)31(19-20-10-6-5-7-11-20)23-13-9-15-25(33)30(23)28/h5-7,10-11,16-18,28H,3-4,8-9,12-15,19H2,1-2H3. The Bertz CT molecular complexity index is 1150. The molecular weight excluding hydrogens is 438 g/mol. The average Bonchev–Trinajstić information content (AvgIpc) is 2.87. The number of rotatable bonds is 7. The Hall–Kier alpha value is -3.34. The topological polar surface area (TPSA) is 55.8 Å². The van der Waals surface area contributed by atoms with Crippen molar-refractivity contribution in [1.82, 2.24) is 4.90 Å². The van der Waals surface area contributed by atoms with Crippen LogP contribution in [0.3, 0.4) is 0 Å². The monoisotopic (exact) mass is 471 g/mol. The first-order valence-electron chi connectivity index (χ1n) is 12.9. The third-order valence-electron chi connectivity index (χ3n) is 7.17. The van der Waals surface area contributed by atoms with Crippen LogP contribution in [-0.2, 0) is 16.1 Å². The summed E-state index contributed by atoms with van der Waals surface area (Å²) in [5.74, 6) is 1.32. The number of ketones is 2. The van der Waals surface area contributed by atoms with E-state index in [0.29, 0.717) is 44.1 Å². The molecule has 0 N–H and O–H groups in total. The highest BCUT2D eigenvalue weighted by Gasteiger charge is 2.43. The van der Waals surface area contributed by atoms with E-state index in [-0.39, 0.29) is 17.5 Å². The Kier molecular flexibility index (Phi) is 6.76. The molecule has 0 saturated heterocycles. The zero-order chi connectivity index (χ0) is 24.4. The van der Waals surface area contributed by atoms with Gasteiger partial charge < -0.3 is 14.4 Å². The number of benzene rings is 2. The first-order chi connectivity index (χ1) is 17.1. The molecule has 1 heterocycles. The third-order valence-corrected chi connectivity index (χ3v) is 7.17. The molecule has 0 atom stereocenters. The molecule has 5 heteroatoms. The van der Waals surface area contributed by atoms with Gasteiger partial charge in [-0.15, -0.1) is 0 Å². The van der Waals surface area contributed by atoms with Gasteiger partial charge in [0.1, 0.15) is 0 Å². The molecule has 5 nitrogen and oxygen atoms in total. The van der Waals surface area contributed by atoms with Crippen molar-refractivity contribution in [3.05, 3.63) is 82.2 Å². The van der Waals surface area contributed by atoms with Gasteiger partial charge in [-0.2, -0.15) is 0 Å². The van der Waals surface area contributed by atoms with E-state index in [9.17, 15) is 9.59 Å². The molecule has 0 radical (unpaired) electrons. The molecule has 182 valence electrons. The Morgan fingerprint density at radius 1 is 0.771 bits per heavy atom. The highest BCUT2D eigenvalue weighted by atomic mass is 16.5. The second-order valence-corrected chi connectivity index (χ2v) is 9.35. The summed E-state index contributed by atoms with van der Waals surface area (Å²) in [7, 11) is 0. The van der Waals surface area contributed by atoms with Gasteiger partial charge in [-0.05, 0) is 62.8 Å². The van der Waals surface area contributed by atoms with Crippen LogP contribution in [0.25, 0.3) is 0 Å². The zero-order valence-corrected chi connectivity index (χ0v) is 20.6. The molecule has 3 aliphatic rings. The number of nitrogens with zero attached hydrogens (tertiary/aromatic N) is 1. The summed E-state index contributed by atoms with van der Waals surface area (Å²) >= 11 is 0. The van der Waals surface area contributed by atoms with Crippen molar-refractivity contribution in [2.24, 2.45) is 0 Å². The molecule has 0 unspecified atom stereocenters. The van der Waals surface area contributed by atoms with Crippen molar-refractivity contribution in [2.45, 2.75) is 64.8 Å². The van der Waals surface area contributed by atoms with Crippen LogP contribution >= 0.6 is 0 Å². The summed E-state index contributed by atoms with van der Waals surface area (Å²) in [5, 5.41) is 0. The smallest absolute Gasteiger partial charge is 0.161 e. The lowest BCUT2D eigenvalue weighted by atomic mass is 9.71. The van der Waals surface area contributed by atoms with Crippen LogP contribution in [0, 0.1) is 0 Å². The van der Waals surface area contributed by atoms with E-state index in [2.05, 4.69) is 17.0 Å². The van der Waals surface area contributed by atoms with E-state index in [0.717, 1.165) is 53.8 Å². The summed E-state index contributed by atoms with van der Waals surface area (Å²) in [6.45, 7) is 5.62. The van der Waals surface area contributed by atoms with Crippen molar-refractivity contribution in [2.75, 3.05) is 13.2 Å². The molecule has 0 amide bonds. The zero-order valence-electron chi connectivity index (χ0n) is 20.6. The van der Waals surface area contributed by atoms with Crippen LogP contribution < -0.4 is 9.47 Å². The second kappa shape index (κ2) is 10.1. The molecule has 0 saturated carbocycles. The van der Waals surface area contributed by atoms with Crippen molar-refractivity contribution < 1.29 is 19.1 Å². The molecule has 35 heavy (non-hydrogen) atoms. The first-order valence-corrected chi connectivity index (χ1v) is 12.9. The van der Waals surface area contributed by atoms with E-state index in [4.69, 9.17) is 9.47 Å². The van der Waals surface area contributed by atoms with Crippen LogP contribution in [0.1, 0.15) is 69.4 Å². The van der Waals surface area contributed by atoms with Crippen LogP contribution in [0.2, 0.25) is 0 Å². The van der Waals surface area contributed by atoms with Crippen molar-refractivity contribution in [1.29, 1.82) is 0 Å². The van der Waals surface area contributed by atoms with Crippen LogP contribution in [-0.4, -0.2) is 29.7 Å². The van der Waals surface area contributed by atoms with E-state index in [1.54, 1.807) is 0 Å². The molecule has 0 bridgehead atoms. The van der Waals surface area contributed by atoms with Gasteiger partial charge in [-0.25, -0.2) is 0 Å². The molecule has 1 aliphatic heterocycles. The quantitative estimate of drug-likeness (QED) is 0.489. The molecule has 2 aliphatic carbocycles. The van der Waals surface area contributed by atoms with Crippen LogP contribution in [0.15, 0.2) is 71.1 Å². The predicted molar refractivity (Wildman–Crippen MR) is 135 cm³/mol. The Balaban J connectivity index is 1.68. The normalized spacial score (nSPS) is 18.5. The number of ether oxygens (including phenoxy) is 2. The van der Waals surface area contributed by atoms with Gasteiger partial charge in [0.15, 0.2) is 23.1 Å². The van der Waals surface area contributed by atoms with Crippen molar-refractivity contribution in [3.8, 4) is 11.5 Å². The largest absolute Gasteiger partial charge is 0.490 e. The van der Waals surface area contributed by atoms with Crippen LogP contribution in [0.5, 0.6) is 11.5 Å². The Morgan fingerprint density at radius 3 is 1.97 bits per heavy atom. The highest BCUT2D eigenvalue weighted by Crippen LogP contribution is 2.50. The predicted octanol–water partition coefficient (Wildman–Crippen LogP) is 6.10. The van der Waals surface area contributed by atoms with E-state index in [1.807, 2.05) is 50.2 Å². The average molecular weight is 472 g/mol. The van der Waals surface area contributed by atoms with Gasteiger partial charge >= 0.3 is 0 Å². The number of hydrogen-bond donors (Lipinski definition) is 0. The van der Waals surface area contributed by atoms with Gasteiger partial charge in [0.25, 0.3) is 0 Å². The lowest BCUT2D eigenvalue weighted by Gasteiger charge is -2.44. The molecular formula is C30H33NO4. The van der Waals surface area contributed by atoms with Crippen molar-refractivity contribution in [3.63, 3.8) is 0 Å². The lowest BCUT2D eigenvalue weighted by Crippen LogP contribution is -2.38. The first kappa shape index (κ1) is 23.4. The minimum absolute atomic E-state index is 0.158. The summed E-state index contributed by atoms with van der Waals surface area (Å²) in [6.07, 6.45) is 4.45. The molecule has 5 rings (SSSR count). The maximum atomic E-state index is 13.5. The maximum Gasteiger partial charge on any atom is 0.161 e. The summed E-state index contributed by atoms with van der Waals surface area (Å²) < 4.78 is 11.7. The SMILES string of the molecule is CCOc1ccc(C2C3=C(CCCC3=O)N(Cc3ccccc3)C3=C2C(=O)CCC3)cc1OCC. The van der Waals surface area contributed by atoms with E-state index in [1.165, 1.54) is 5.56 Å². The van der Waals surface area contributed by atoms with Gasteiger partial charge in [-0.3, -0.25) is 9.59 Å². The van der Waals surface area contributed by atoms with Gasteiger partial charge in [0, 0.05) is 47.8 Å². The van der Waals surface area contributed by atoms with Crippen LogP contribution in [0.4, 0.5) is 0 Å². The van der Waals surface area contributed by atoms with Gasteiger partial charge in [0.2, 0.25) is 0 Å². The van der Waals surface area contributed by atoms with E-state index >= 15 is 0 Å². The molecule has 0 fully saturated rings. The maximum absolute atomic E-state index is 13.5. The lowest BCUT2D eigenvalue weighted by molar-refractivity contribution is -0.117. The van der Waals surface area contributed by atoms with Gasteiger partial charge in [-0.1, -0.05) is 36.4 Å². The van der Waals surface area contributed by atoms with Crippen molar-refractivity contribution >= 4 is 11.6 Å². The van der Waals surface area contributed by atoms with Gasteiger partial charge in [0.05, 0.1) is 13.2 Å². The number of Topliss-reactive ketones (excluding diaryl/α,β-unsaturated/α-hetero) is 2. The number of carbonyl (C=O) groups is 2. The summed E-state index contributed by atoms with van der Waals surface area (Å²) in [6, 6.07) is 16.2. The van der Waals surface area contributed by atoms with E-state index < -0.39 is 0 Å². The fourth-order valence-corrected chi connectivity index (χ4v) is 5.75. The second-order valence-electron chi connectivity index (χ2n) is 9.35. The fourth-order valence-electron chi connectivity index (χ4n) is 5.75. The Morgan fingerprint density at radius 2 is 1.37 bits per heavy atom. The number of hydrogen-bond acceptors (Lipinski definition) is 5. The molecule has 0 spiro atoms. The third kappa shape index (κ3) is 4.40. The highest BCUT2D eigenvalue weighted by molar-refractivity contribution is 6.06. The minimum atomic E-state index is -0.345. The fraction of sp³-hybridized carbons (Fsp3) is 0.400. The number of allylic oxidation sites excluding steroid dienone is 4. The summed E-state index contributed by atoms with van der Waals surface area (Å²) in [5.41, 5.74) is 5.90.